The van der Waals surface area contributed by atoms with E-state index >= 15 is 0 Å². The zero-order valence-corrected chi connectivity index (χ0v) is 21.0. The van der Waals surface area contributed by atoms with Crippen molar-refractivity contribution >= 4 is 17.4 Å². The van der Waals surface area contributed by atoms with Crippen LogP contribution in [-0.4, -0.2) is 60.9 Å². The van der Waals surface area contributed by atoms with Crippen LogP contribution in [0.2, 0.25) is 0 Å². The molecule has 1 fully saturated rings. The molecule has 1 aliphatic heterocycles. The van der Waals surface area contributed by atoms with Gasteiger partial charge in [-0.3, -0.25) is 9.59 Å². The Morgan fingerprint density at radius 2 is 1.73 bits per heavy atom. The Balaban J connectivity index is 1.82. The molecule has 3 aromatic rings. The van der Waals surface area contributed by atoms with Crippen molar-refractivity contribution in [3.8, 4) is 17.2 Å². The van der Waals surface area contributed by atoms with E-state index in [0.717, 1.165) is 6.07 Å². The summed E-state index contributed by atoms with van der Waals surface area (Å²) in [6, 6.07) is 19.0. The number of Topliss-reactive ketones (excluding diaryl/α,β-unsaturated/α-hetero) is 1. The number of ether oxygens (including phenoxy) is 2. The largest absolute Gasteiger partial charge is 0.507 e. The number of aliphatic hydroxyl groups is 1. The number of halogens is 1. The van der Waals surface area contributed by atoms with Gasteiger partial charge in [-0.2, -0.15) is 0 Å². The molecule has 3 aromatic carbocycles. The van der Waals surface area contributed by atoms with Crippen molar-refractivity contribution in [3.63, 3.8) is 0 Å². The van der Waals surface area contributed by atoms with E-state index in [1.54, 1.807) is 24.3 Å². The van der Waals surface area contributed by atoms with E-state index in [1.807, 2.05) is 49.3 Å². The van der Waals surface area contributed by atoms with Crippen molar-refractivity contribution in [1.82, 2.24) is 9.80 Å². The number of likely N-dealkylation sites (tertiary alicyclic amines) is 1. The maximum absolute atomic E-state index is 14.1. The van der Waals surface area contributed by atoms with Gasteiger partial charge in [0.25, 0.3) is 11.7 Å². The molecule has 1 heterocycles. The summed E-state index contributed by atoms with van der Waals surface area (Å²) in [5.74, 6) is -1.36. The molecule has 1 amide bonds. The Hall–Kier alpha value is -4.17. The summed E-state index contributed by atoms with van der Waals surface area (Å²) < 4.78 is 25.4. The minimum Gasteiger partial charge on any atom is -0.507 e. The summed E-state index contributed by atoms with van der Waals surface area (Å²) in [6.45, 7) is 0.985. The molecule has 1 saturated heterocycles. The fourth-order valence-electron chi connectivity index (χ4n) is 4.40. The number of nitrogens with zero attached hydrogens (tertiary/aromatic N) is 2. The number of methoxy groups -OCH3 is 1. The number of ketones is 1. The Bertz CT molecular complexity index is 1320. The molecular weight excluding hydrogens is 475 g/mol. The van der Waals surface area contributed by atoms with Crippen molar-refractivity contribution in [2.45, 2.75) is 12.5 Å². The number of hydrogen-bond donors (Lipinski definition) is 1. The van der Waals surface area contributed by atoms with E-state index in [1.165, 1.54) is 24.1 Å². The highest BCUT2D eigenvalue weighted by Gasteiger charge is 2.46. The van der Waals surface area contributed by atoms with Crippen LogP contribution < -0.4 is 9.47 Å². The van der Waals surface area contributed by atoms with Crippen LogP contribution in [0, 0.1) is 5.82 Å². The van der Waals surface area contributed by atoms with Gasteiger partial charge < -0.3 is 24.4 Å². The smallest absolute Gasteiger partial charge is 0.295 e. The van der Waals surface area contributed by atoms with Crippen LogP contribution in [0.3, 0.4) is 0 Å². The lowest BCUT2D eigenvalue weighted by atomic mass is 9.94. The molecule has 0 radical (unpaired) electrons. The van der Waals surface area contributed by atoms with E-state index in [2.05, 4.69) is 0 Å². The molecule has 1 atom stereocenters. The van der Waals surface area contributed by atoms with E-state index in [0.29, 0.717) is 30.0 Å². The van der Waals surface area contributed by atoms with Gasteiger partial charge >= 0.3 is 0 Å². The molecule has 0 aromatic heterocycles. The maximum atomic E-state index is 14.1. The van der Waals surface area contributed by atoms with Gasteiger partial charge in [0.15, 0.2) is 0 Å². The second kappa shape index (κ2) is 11.3. The number of para-hydroxylation sites is 1. The first kappa shape index (κ1) is 25.9. The molecular formula is C29H29FN2O5. The number of hydrogen-bond acceptors (Lipinski definition) is 6. The summed E-state index contributed by atoms with van der Waals surface area (Å²) in [5, 5.41) is 11.3. The Kier molecular flexibility index (Phi) is 7.89. The van der Waals surface area contributed by atoms with Gasteiger partial charge in [0, 0.05) is 6.54 Å². The van der Waals surface area contributed by atoms with Gasteiger partial charge in [-0.15, -0.1) is 0 Å². The van der Waals surface area contributed by atoms with E-state index in [9.17, 15) is 19.1 Å². The second-order valence-electron chi connectivity index (χ2n) is 8.98. The molecule has 0 spiro atoms. The summed E-state index contributed by atoms with van der Waals surface area (Å²) in [6.07, 6.45) is 0.611. The number of aliphatic hydroxyl groups excluding tert-OH is 1. The average Bonchev–Trinajstić information content (AvgIpc) is 3.14. The number of benzene rings is 3. The SMILES string of the molecule is COc1ccc(F)cc1/C(O)=C1\C(=O)C(=O)N(CCCN(C)C)C1c1cccc(Oc2ccccc2)c1. The predicted molar refractivity (Wildman–Crippen MR) is 138 cm³/mol. The summed E-state index contributed by atoms with van der Waals surface area (Å²) in [7, 11) is 5.23. The Morgan fingerprint density at radius 1 is 1.00 bits per heavy atom. The minimum absolute atomic E-state index is 0.00418. The van der Waals surface area contributed by atoms with Gasteiger partial charge in [0.05, 0.1) is 24.3 Å². The highest BCUT2D eigenvalue weighted by molar-refractivity contribution is 6.46. The molecule has 0 aliphatic carbocycles. The zero-order chi connectivity index (χ0) is 26.5. The van der Waals surface area contributed by atoms with Crippen LogP contribution in [-0.2, 0) is 9.59 Å². The van der Waals surface area contributed by atoms with Crippen LogP contribution in [0.1, 0.15) is 23.6 Å². The van der Waals surface area contributed by atoms with Gasteiger partial charge in [0.2, 0.25) is 0 Å². The van der Waals surface area contributed by atoms with Crippen molar-refractivity contribution in [2.24, 2.45) is 0 Å². The molecule has 0 bridgehead atoms. The van der Waals surface area contributed by atoms with E-state index in [4.69, 9.17) is 9.47 Å². The van der Waals surface area contributed by atoms with Gasteiger partial charge in [-0.05, 0) is 75.1 Å². The van der Waals surface area contributed by atoms with Crippen LogP contribution in [0.15, 0.2) is 78.4 Å². The van der Waals surface area contributed by atoms with E-state index < -0.39 is 29.3 Å². The van der Waals surface area contributed by atoms with Crippen LogP contribution in [0.5, 0.6) is 17.2 Å². The number of amides is 1. The summed E-state index contributed by atoms with van der Waals surface area (Å²) in [5.41, 5.74) is 0.445. The highest BCUT2D eigenvalue weighted by atomic mass is 19.1. The number of carbonyl (C=O) groups excluding carboxylic acids is 2. The summed E-state index contributed by atoms with van der Waals surface area (Å²) >= 11 is 0. The van der Waals surface area contributed by atoms with Crippen molar-refractivity contribution in [1.29, 1.82) is 0 Å². The molecule has 1 N–H and O–H groups in total. The molecule has 1 unspecified atom stereocenters. The standard InChI is InChI=1S/C29H29FN2O5/c1-31(2)15-8-16-32-26(19-9-7-12-22(17-19)37-21-10-5-4-6-11-21)25(28(34)29(32)35)27(33)23-18-20(30)13-14-24(23)36-3/h4-7,9-14,17-18,26,33H,8,15-16H2,1-3H3/b27-25+. The third-order valence-electron chi connectivity index (χ3n) is 6.11. The lowest BCUT2D eigenvalue weighted by molar-refractivity contribution is -0.139. The lowest BCUT2D eigenvalue weighted by Gasteiger charge is -2.26. The van der Waals surface area contributed by atoms with Crippen LogP contribution >= 0.6 is 0 Å². The highest BCUT2D eigenvalue weighted by Crippen LogP contribution is 2.42. The van der Waals surface area contributed by atoms with Crippen molar-refractivity contribution in [2.75, 3.05) is 34.3 Å². The molecule has 0 saturated carbocycles. The molecule has 37 heavy (non-hydrogen) atoms. The van der Waals surface area contributed by atoms with Gasteiger partial charge in [-0.25, -0.2) is 4.39 Å². The first-order chi connectivity index (χ1) is 17.8. The van der Waals surface area contributed by atoms with Crippen LogP contribution in [0.25, 0.3) is 5.76 Å². The fourth-order valence-corrected chi connectivity index (χ4v) is 4.40. The average molecular weight is 505 g/mol. The number of carbonyl (C=O) groups is 2. The zero-order valence-electron chi connectivity index (χ0n) is 21.0. The van der Waals surface area contributed by atoms with Crippen molar-refractivity contribution < 1.29 is 28.6 Å². The molecule has 1 aliphatic rings. The number of rotatable bonds is 9. The maximum Gasteiger partial charge on any atom is 0.295 e. The first-order valence-electron chi connectivity index (χ1n) is 11.9. The van der Waals surface area contributed by atoms with Crippen molar-refractivity contribution in [3.05, 3.63) is 95.3 Å². The van der Waals surface area contributed by atoms with E-state index in [-0.39, 0.29) is 23.4 Å². The Morgan fingerprint density at radius 3 is 2.43 bits per heavy atom. The monoisotopic (exact) mass is 504 g/mol. The van der Waals surface area contributed by atoms with Gasteiger partial charge in [-0.1, -0.05) is 30.3 Å². The minimum atomic E-state index is -0.894. The lowest BCUT2D eigenvalue weighted by Crippen LogP contribution is -2.32. The predicted octanol–water partition coefficient (Wildman–Crippen LogP) is 5.00. The normalized spacial score (nSPS) is 16.9. The third kappa shape index (κ3) is 5.65. The molecule has 7 nitrogen and oxygen atoms in total. The quantitative estimate of drug-likeness (QED) is 0.251. The van der Waals surface area contributed by atoms with Gasteiger partial charge in [0.1, 0.15) is 28.8 Å². The Labute approximate surface area is 215 Å². The topological polar surface area (TPSA) is 79.3 Å². The first-order valence-corrected chi connectivity index (χ1v) is 11.9. The third-order valence-corrected chi connectivity index (χ3v) is 6.11. The molecule has 8 heteroatoms. The summed E-state index contributed by atoms with van der Waals surface area (Å²) in [4.78, 5) is 29.9. The second-order valence-corrected chi connectivity index (χ2v) is 8.98. The fraction of sp³-hybridized carbons (Fsp3) is 0.241. The molecule has 192 valence electrons. The van der Waals surface area contributed by atoms with Crippen LogP contribution in [0.4, 0.5) is 4.39 Å². The molecule has 4 rings (SSSR count).